The van der Waals surface area contributed by atoms with Crippen LogP contribution in [-0.2, 0) is 11.2 Å². The summed E-state index contributed by atoms with van der Waals surface area (Å²) in [7, 11) is 0. The van der Waals surface area contributed by atoms with Gasteiger partial charge in [-0.1, -0.05) is 41.9 Å². The molecule has 1 aromatic heterocycles. The minimum absolute atomic E-state index is 0.0248. The van der Waals surface area contributed by atoms with Crippen LogP contribution in [0.5, 0.6) is 0 Å². The Hall–Kier alpha value is -2.52. The van der Waals surface area contributed by atoms with Gasteiger partial charge in [-0.15, -0.1) is 0 Å². The number of para-hydroxylation sites is 1. The number of aromatic amines is 1. The number of nitrogens with zero attached hydrogens (tertiary/aromatic N) is 1. The molecule has 1 aliphatic heterocycles. The average Bonchev–Trinajstić information content (AvgIpc) is 3.00. The van der Waals surface area contributed by atoms with Gasteiger partial charge in [-0.3, -0.25) is 4.79 Å². The second-order valence-corrected chi connectivity index (χ2v) is 6.85. The van der Waals surface area contributed by atoms with E-state index in [1.807, 2.05) is 41.3 Å². The van der Waals surface area contributed by atoms with E-state index in [4.69, 9.17) is 11.6 Å². The normalized spacial score (nSPS) is 17.2. The maximum absolute atomic E-state index is 12.7. The summed E-state index contributed by atoms with van der Waals surface area (Å²) >= 11 is 5.99. The van der Waals surface area contributed by atoms with E-state index in [0.717, 1.165) is 29.7 Å². The van der Waals surface area contributed by atoms with Crippen molar-refractivity contribution in [1.29, 1.82) is 0 Å². The van der Waals surface area contributed by atoms with Crippen LogP contribution in [0.3, 0.4) is 0 Å². The third-order valence-electron chi connectivity index (χ3n) is 4.88. The molecule has 3 aromatic rings. The zero-order valence-electron chi connectivity index (χ0n) is 14.0. The first kappa shape index (κ1) is 16.0. The van der Waals surface area contributed by atoms with Crippen molar-refractivity contribution < 1.29 is 4.79 Å². The largest absolute Gasteiger partial charge is 0.356 e. The molecule has 0 saturated carbocycles. The van der Waals surface area contributed by atoms with E-state index in [0.29, 0.717) is 5.02 Å². The smallest absolute Gasteiger partial charge is 0.247 e. The molecule has 25 heavy (non-hydrogen) atoms. The van der Waals surface area contributed by atoms with Gasteiger partial charge in [0.25, 0.3) is 0 Å². The van der Waals surface area contributed by atoms with Gasteiger partial charge in [-0.2, -0.15) is 0 Å². The Morgan fingerprint density at radius 2 is 2.08 bits per heavy atom. The van der Waals surface area contributed by atoms with Gasteiger partial charge in [0, 0.05) is 34.2 Å². The van der Waals surface area contributed by atoms with Crippen LogP contribution >= 0.6 is 11.6 Å². The summed E-state index contributed by atoms with van der Waals surface area (Å²) in [6.07, 6.45) is 4.33. The zero-order chi connectivity index (χ0) is 17.4. The first-order valence-corrected chi connectivity index (χ1v) is 8.85. The van der Waals surface area contributed by atoms with Crippen molar-refractivity contribution in [2.75, 3.05) is 6.54 Å². The van der Waals surface area contributed by atoms with Crippen LogP contribution in [-0.4, -0.2) is 22.3 Å². The summed E-state index contributed by atoms with van der Waals surface area (Å²) < 4.78 is 0. The Kier molecular flexibility index (Phi) is 4.10. The number of fused-ring (bicyclic) bond motifs is 3. The molecule has 126 valence electrons. The number of halogens is 1. The number of benzene rings is 2. The monoisotopic (exact) mass is 350 g/mol. The van der Waals surface area contributed by atoms with Crippen LogP contribution in [0.4, 0.5) is 0 Å². The summed E-state index contributed by atoms with van der Waals surface area (Å²) in [5.74, 6) is 0.0248. The Balaban J connectivity index is 1.58. The van der Waals surface area contributed by atoms with Crippen molar-refractivity contribution in [3.05, 3.63) is 76.5 Å². The van der Waals surface area contributed by atoms with E-state index in [9.17, 15) is 4.79 Å². The third kappa shape index (κ3) is 2.96. The highest BCUT2D eigenvalue weighted by Gasteiger charge is 2.29. The van der Waals surface area contributed by atoms with E-state index in [1.54, 1.807) is 6.08 Å². The molecule has 0 fully saturated rings. The highest BCUT2D eigenvalue weighted by molar-refractivity contribution is 6.30. The molecule has 0 radical (unpaired) electrons. The molecule has 1 N–H and O–H groups in total. The van der Waals surface area contributed by atoms with E-state index < -0.39 is 0 Å². The van der Waals surface area contributed by atoms with Crippen molar-refractivity contribution in [2.24, 2.45) is 0 Å². The second kappa shape index (κ2) is 6.41. The van der Waals surface area contributed by atoms with E-state index in [2.05, 4.69) is 30.1 Å². The average molecular weight is 351 g/mol. The number of carbonyl (C=O) groups excluding carboxylic acids is 1. The Morgan fingerprint density at radius 3 is 2.92 bits per heavy atom. The van der Waals surface area contributed by atoms with Crippen LogP contribution in [0.15, 0.2) is 54.6 Å². The lowest BCUT2D eigenvalue weighted by molar-refractivity contribution is -0.128. The molecule has 2 heterocycles. The van der Waals surface area contributed by atoms with Gasteiger partial charge in [-0.05, 0) is 48.7 Å². The molecule has 0 aliphatic carbocycles. The fraction of sp³-hybridized carbons (Fsp3) is 0.190. The van der Waals surface area contributed by atoms with E-state index in [-0.39, 0.29) is 11.9 Å². The van der Waals surface area contributed by atoms with Crippen LogP contribution in [0.1, 0.15) is 29.8 Å². The van der Waals surface area contributed by atoms with Crippen LogP contribution in [0, 0.1) is 0 Å². The fourth-order valence-corrected chi connectivity index (χ4v) is 3.80. The molecule has 0 bridgehead atoms. The van der Waals surface area contributed by atoms with Gasteiger partial charge in [0.05, 0.1) is 6.04 Å². The van der Waals surface area contributed by atoms with E-state index in [1.165, 1.54) is 10.9 Å². The highest BCUT2D eigenvalue weighted by atomic mass is 35.5. The van der Waals surface area contributed by atoms with Gasteiger partial charge in [-0.25, -0.2) is 0 Å². The number of rotatable bonds is 2. The second-order valence-electron chi connectivity index (χ2n) is 6.41. The molecule has 1 unspecified atom stereocenters. The van der Waals surface area contributed by atoms with Crippen LogP contribution in [0.25, 0.3) is 17.0 Å². The number of amides is 1. The van der Waals surface area contributed by atoms with Crippen molar-refractivity contribution in [2.45, 2.75) is 19.4 Å². The number of hydrogen-bond donors (Lipinski definition) is 1. The molecular weight excluding hydrogens is 332 g/mol. The third-order valence-corrected chi connectivity index (χ3v) is 5.12. The number of nitrogens with one attached hydrogen (secondary N) is 1. The topological polar surface area (TPSA) is 36.1 Å². The van der Waals surface area contributed by atoms with Gasteiger partial charge >= 0.3 is 0 Å². The maximum atomic E-state index is 12.7. The van der Waals surface area contributed by atoms with Crippen LogP contribution < -0.4 is 0 Å². The number of carbonyl (C=O) groups is 1. The lowest BCUT2D eigenvalue weighted by atomic mass is 9.98. The Labute approximate surface area is 151 Å². The lowest BCUT2D eigenvalue weighted by Crippen LogP contribution is -2.37. The summed E-state index contributed by atoms with van der Waals surface area (Å²) in [5.41, 5.74) is 4.56. The molecule has 1 atom stereocenters. The predicted octanol–water partition coefficient (Wildman–Crippen LogP) is 4.98. The summed E-state index contributed by atoms with van der Waals surface area (Å²) in [5, 5.41) is 1.94. The fourth-order valence-electron chi connectivity index (χ4n) is 3.60. The molecule has 4 rings (SSSR count). The molecule has 0 saturated heterocycles. The molecule has 0 spiro atoms. The molecule has 2 aromatic carbocycles. The number of H-pyrrole nitrogens is 1. The number of aromatic nitrogens is 1. The summed E-state index contributed by atoms with van der Waals surface area (Å²) in [6.45, 7) is 2.81. The van der Waals surface area contributed by atoms with Gasteiger partial charge in [0.2, 0.25) is 5.91 Å². The summed E-state index contributed by atoms with van der Waals surface area (Å²) in [4.78, 5) is 18.1. The Morgan fingerprint density at radius 1 is 1.24 bits per heavy atom. The zero-order valence-corrected chi connectivity index (χ0v) is 14.8. The molecule has 4 heteroatoms. The van der Waals surface area contributed by atoms with Crippen molar-refractivity contribution in [1.82, 2.24) is 9.88 Å². The number of hydrogen-bond acceptors (Lipinski definition) is 1. The molecule has 3 nitrogen and oxygen atoms in total. The Bertz CT molecular complexity index is 973. The minimum Gasteiger partial charge on any atom is -0.356 e. The predicted molar refractivity (Wildman–Crippen MR) is 103 cm³/mol. The molecule has 1 aliphatic rings. The molecular formula is C21H19ClN2O. The van der Waals surface area contributed by atoms with Gasteiger partial charge in [0.1, 0.15) is 0 Å². The SMILES string of the molecule is CC1c2[nH]c3ccccc3c2CCN1C(=O)/C=C/c1cccc(Cl)c1. The lowest BCUT2D eigenvalue weighted by Gasteiger charge is -2.32. The summed E-state index contributed by atoms with van der Waals surface area (Å²) in [6, 6.07) is 15.9. The quantitative estimate of drug-likeness (QED) is 0.650. The highest BCUT2D eigenvalue weighted by Crippen LogP contribution is 2.34. The molecule has 1 amide bonds. The first-order chi connectivity index (χ1) is 12.1. The maximum Gasteiger partial charge on any atom is 0.247 e. The van der Waals surface area contributed by atoms with Gasteiger partial charge in [0.15, 0.2) is 0 Å². The van der Waals surface area contributed by atoms with Gasteiger partial charge < -0.3 is 9.88 Å². The van der Waals surface area contributed by atoms with Crippen LogP contribution in [0.2, 0.25) is 5.02 Å². The van der Waals surface area contributed by atoms with Crippen molar-refractivity contribution in [3.63, 3.8) is 0 Å². The minimum atomic E-state index is 0.0248. The van der Waals surface area contributed by atoms with E-state index >= 15 is 0 Å². The first-order valence-electron chi connectivity index (χ1n) is 8.47. The standard InChI is InChI=1S/C21H19ClN2O/c1-14-21-18(17-7-2-3-8-19(17)23-21)11-12-24(14)20(25)10-9-15-5-4-6-16(22)13-15/h2-10,13-14,23H,11-12H2,1H3/b10-9+. The van der Waals surface area contributed by atoms with Crippen molar-refractivity contribution >= 4 is 34.5 Å². The van der Waals surface area contributed by atoms with Crippen molar-refractivity contribution in [3.8, 4) is 0 Å².